The van der Waals surface area contributed by atoms with Crippen molar-refractivity contribution in [2.24, 2.45) is 0 Å². The van der Waals surface area contributed by atoms with Gasteiger partial charge in [0.05, 0.1) is 6.54 Å². The van der Waals surface area contributed by atoms with E-state index in [1.165, 1.54) is 0 Å². The summed E-state index contributed by atoms with van der Waals surface area (Å²) in [5, 5.41) is 9.18. The molecule has 1 N–H and O–H groups in total. The molecule has 4 heteroatoms. The van der Waals surface area contributed by atoms with E-state index in [4.69, 9.17) is 0 Å². The number of hydrogen-bond acceptors (Lipinski definition) is 2. The lowest BCUT2D eigenvalue weighted by Crippen LogP contribution is -2.35. The van der Waals surface area contributed by atoms with E-state index >= 15 is 0 Å². The Hall–Kier alpha value is -1.84. The summed E-state index contributed by atoms with van der Waals surface area (Å²) in [5.74, 6) is 0.0332. The van der Waals surface area contributed by atoms with Crippen LogP contribution in [0.3, 0.4) is 0 Å². The lowest BCUT2D eigenvalue weighted by Gasteiger charge is -2.18. The molecule has 0 unspecified atom stereocenters. The molecule has 0 aliphatic rings. The maximum Gasteiger partial charge on any atom is 0.414 e. The molecule has 0 fully saturated rings. The van der Waals surface area contributed by atoms with E-state index in [0.717, 1.165) is 21.6 Å². The zero-order chi connectivity index (χ0) is 15.3. The number of hydrogen-bond donors (Lipinski definition) is 1. The van der Waals surface area contributed by atoms with Gasteiger partial charge in [-0.3, -0.25) is 4.79 Å². The minimum Gasteiger partial charge on any atom is -0.465 e. The number of nitrogens with zero attached hydrogens (tertiary/aromatic N) is 1. The maximum absolute atomic E-state index is 11.8. The van der Waals surface area contributed by atoms with Crippen LogP contribution < -0.4 is 0 Å². The molecule has 1 aromatic rings. The topological polar surface area (TPSA) is 57.6 Å². The van der Waals surface area contributed by atoms with Crippen molar-refractivity contribution in [1.82, 2.24) is 4.90 Å². The lowest BCUT2D eigenvalue weighted by atomic mass is 9.98. The van der Waals surface area contributed by atoms with E-state index in [0.29, 0.717) is 12.3 Å². The second kappa shape index (κ2) is 7.08. The Labute approximate surface area is 120 Å². The summed E-state index contributed by atoms with van der Waals surface area (Å²) in [5.41, 5.74) is 3.10. The predicted molar refractivity (Wildman–Crippen MR) is 78.8 cm³/mol. The summed E-state index contributed by atoms with van der Waals surface area (Å²) >= 11 is 0. The number of carboxylic acid groups (broad SMARTS) is 1. The van der Waals surface area contributed by atoms with Crippen molar-refractivity contribution >= 4 is 12.0 Å². The van der Waals surface area contributed by atoms with E-state index in [9.17, 15) is 14.7 Å². The van der Waals surface area contributed by atoms with E-state index in [-0.39, 0.29) is 18.9 Å². The van der Waals surface area contributed by atoms with Crippen molar-refractivity contribution in [1.29, 1.82) is 0 Å². The molecule has 0 atom stereocenters. The van der Waals surface area contributed by atoms with Gasteiger partial charge < -0.3 is 5.11 Å². The van der Waals surface area contributed by atoms with E-state index in [1.54, 1.807) is 0 Å². The predicted octanol–water partition coefficient (Wildman–Crippen LogP) is 3.93. The molecule has 0 spiro atoms. The van der Waals surface area contributed by atoms with E-state index in [2.05, 4.69) is 19.9 Å². The first kappa shape index (κ1) is 16.2. The van der Waals surface area contributed by atoms with Crippen LogP contribution in [0.4, 0.5) is 4.79 Å². The first-order chi connectivity index (χ1) is 9.35. The second-order valence-corrected chi connectivity index (χ2v) is 5.42. The van der Waals surface area contributed by atoms with Gasteiger partial charge in [0.2, 0.25) is 5.91 Å². The van der Waals surface area contributed by atoms with Crippen LogP contribution in [0.1, 0.15) is 56.2 Å². The van der Waals surface area contributed by atoms with Gasteiger partial charge in [-0.15, -0.1) is 0 Å². The lowest BCUT2D eigenvalue weighted by molar-refractivity contribution is -0.129. The number of benzene rings is 1. The summed E-state index contributed by atoms with van der Waals surface area (Å²) in [6.45, 7) is 8.15. The smallest absolute Gasteiger partial charge is 0.414 e. The molecule has 1 aromatic carbocycles. The summed E-state index contributed by atoms with van der Waals surface area (Å²) in [7, 11) is 0. The molecule has 0 heterocycles. The summed E-state index contributed by atoms with van der Waals surface area (Å²) in [6.07, 6.45) is -0.279. The number of carbonyl (C=O) groups excluding carboxylic acids is 1. The van der Waals surface area contributed by atoms with Crippen LogP contribution in [0.25, 0.3) is 0 Å². The Balaban J connectivity index is 2.99. The fraction of sp³-hybridized carbons (Fsp3) is 0.500. The van der Waals surface area contributed by atoms with Gasteiger partial charge in [-0.2, -0.15) is 0 Å². The van der Waals surface area contributed by atoms with Crippen molar-refractivity contribution in [3.63, 3.8) is 0 Å². The van der Waals surface area contributed by atoms with Gasteiger partial charge in [0.1, 0.15) is 0 Å². The molecule has 0 saturated carbocycles. The first-order valence-electron chi connectivity index (χ1n) is 6.98. The van der Waals surface area contributed by atoms with Crippen LogP contribution in [-0.4, -0.2) is 22.0 Å². The summed E-state index contributed by atoms with van der Waals surface area (Å²) < 4.78 is 0. The molecule has 0 aliphatic carbocycles. The van der Waals surface area contributed by atoms with Crippen LogP contribution in [0.15, 0.2) is 18.2 Å². The highest BCUT2D eigenvalue weighted by molar-refractivity contribution is 5.90. The van der Waals surface area contributed by atoms with Gasteiger partial charge >= 0.3 is 6.09 Å². The third-order valence-electron chi connectivity index (χ3n) is 3.16. The van der Waals surface area contributed by atoms with Crippen LogP contribution in [0.2, 0.25) is 0 Å². The minimum absolute atomic E-state index is 0.121. The Bertz CT molecular complexity index is 494. The molecule has 0 bridgehead atoms. The summed E-state index contributed by atoms with van der Waals surface area (Å²) in [6, 6.07) is 6.00. The number of aryl methyl sites for hydroxylation is 1. The van der Waals surface area contributed by atoms with Crippen molar-refractivity contribution in [3.8, 4) is 0 Å². The molecule has 0 aromatic heterocycles. The molecule has 110 valence electrons. The number of rotatable bonds is 5. The molecule has 1 rings (SSSR count). The quantitative estimate of drug-likeness (QED) is 0.887. The zero-order valence-corrected chi connectivity index (χ0v) is 12.6. The zero-order valence-electron chi connectivity index (χ0n) is 12.6. The number of carbonyl (C=O) groups is 2. The molecule has 0 aliphatic heterocycles. The molecular weight excluding hydrogens is 254 g/mol. The first-order valence-corrected chi connectivity index (χ1v) is 6.98. The molecule has 2 amide bonds. The third-order valence-corrected chi connectivity index (χ3v) is 3.16. The van der Waals surface area contributed by atoms with Crippen LogP contribution in [-0.2, 0) is 11.3 Å². The Kier molecular flexibility index (Phi) is 5.74. The Morgan fingerprint density at radius 2 is 1.90 bits per heavy atom. The Morgan fingerprint density at radius 3 is 2.40 bits per heavy atom. The average molecular weight is 277 g/mol. The molecule has 20 heavy (non-hydrogen) atoms. The highest BCUT2D eigenvalue weighted by atomic mass is 16.4. The van der Waals surface area contributed by atoms with Crippen molar-refractivity contribution < 1.29 is 14.7 Å². The van der Waals surface area contributed by atoms with Crippen LogP contribution >= 0.6 is 0 Å². The number of imide groups is 1. The summed E-state index contributed by atoms with van der Waals surface area (Å²) in [4.78, 5) is 24.0. The van der Waals surface area contributed by atoms with E-state index < -0.39 is 6.09 Å². The highest BCUT2D eigenvalue weighted by Crippen LogP contribution is 2.19. The fourth-order valence-corrected chi connectivity index (χ4v) is 2.11. The second-order valence-electron chi connectivity index (χ2n) is 5.42. The van der Waals surface area contributed by atoms with Crippen LogP contribution in [0, 0.1) is 6.92 Å². The highest BCUT2D eigenvalue weighted by Gasteiger charge is 2.20. The molecular formula is C16H23NO3. The Morgan fingerprint density at radius 1 is 1.25 bits per heavy atom. The van der Waals surface area contributed by atoms with Gasteiger partial charge in [0, 0.05) is 6.42 Å². The van der Waals surface area contributed by atoms with Crippen molar-refractivity contribution in [3.05, 3.63) is 34.9 Å². The van der Waals surface area contributed by atoms with E-state index in [1.807, 2.05) is 26.0 Å². The molecule has 4 nitrogen and oxygen atoms in total. The standard InChI is InChI=1S/C16H23NO3/c1-5-6-15(18)17(16(19)20)10-13-7-12(4)8-14(9-13)11(2)3/h7-9,11H,5-6,10H2,1-4H3,(H,19,20). The maximum atomic E-state index is 11.8. The van der Waals surface area contributed by atoms with Crippen molar-refractivity contribution in [2.45, 2.75) is 53.0 Å². The normalized spacial score (nSPS) is 10.7. The van der Waals surface area contributed by atoms with Gasteiger partial charge in [0.25, 0.3) is 0 Å². The van der Waals surface area contributed by atoms with Crippen molar-refractivity contribution in [2.75, 3.05) is 0 Å². The van der Waals surface area contributed by atoms with Gasteiger partial charge in [-0.05, 0) is 30.4 Å². The van der Waals surface area contributed by atoms with Gasteiger partial charge in [-0.1, -0.05) is 44.5 Å². The van der Waals surface area contributed by atoms with Crippen LogP contribution in [0.5, 0.6) is 0 Å². The molecule has 0 radical (unpaired) electrons. The minimum atomic E-state index is -1.18. The molecule has 0 saturated heterocycles. The average Bonchev–Trinajstić information content (AvgIpc) is 2.35. The van der Waals surface area contributed by atoms with Gasteiger partial charge in [-0.25, -0.2) is 9.69 Å². The largest absolute Gasteiger partial charge is 0.465 e. The van der Waals surface area contributed by atoms with Gasteiger partial charge in [0.15, 0.2) is 0 Å². The SMILES string of the molecule is CCCC(=O)N(Cc1cc(C)cc(C(C)C)c1)C(=O)O. The number of amides is 2. The monoisotopic (exact) mass is 277 g/mol. The fourth-order valence-electron chi connectivity index (χ4n) is 2.11. The third kappa shape index (κ3) is 4.37.